The lowest BCUT2D eigenvalue weighted by Gasteiger charge is -2.23. The third kappa shape index (κ3) is 3.79. The zero-order valence-corrected chi connectivity index (χ0v) is 14.7. The Balaban J connectivity index is 1.64. The van der Waals surface area contributed by atoms with Gasteiger partial charge in [0.15, 0.2) is 0 Å². The predicted molar refractivity (Wildman–Crippen MR) is 89.4 cm³/mol. The van der Waals surface area contributed by atoms with Crippen molar-refractivity contribution in [1.82, 2.24) is 24.6 Å². The van der Waals surface area contributed by atoms with Crippen LogP contribution in [0.1, 0.15) is 17.2 Å². The third-order valence-electron chi connectivity index (χ3n) is 4.40. The average molecular weight is 347 g/mol. The summed E-state index contributed by atoms with van der Waals surface area (Å²) in [6.45, 7) is 3.62. The highest BCUT2D eigenvalue weighted by Crippen LogP contribution is 2.25. The second-order valence-corrected chi connectivity index (χ2v) is 6.28. The first-order valence-electron chi connectivity index (χ1n) is 8.17. The number of hydrogen-bond donors (Lipinski definition) is 0. The summed E-state index contributed by atoms with van der Waals surface area (Å²) < 4.78 is 21.5. The highest BCUT2D eigenvalue weighted by molar-refractivity contribution is 5.78. The second-order valence-electron chi connectivity index (χ2n) is 6.28. The van der Waals surface area contributed by atoms with Crippen LogP contribution in [-0.4, -0.2) is 57.2 Å². The standard InChI is InChI=1S/C17H22FN5O2/c1-12-19-20-16(22(12)3)10-21(2)11-17(24)23-7-8-25-15-6-4-5-14(18)13(15)9-23/h4-6H,7-11H2,1-3H3. The van der Waals surface area contributed by atoms with Gasteiger partial charge in [-0.3, -0.25) is 9.69 Å². The number of hydrogen-bond acceptors (Lipinski definition) is 5. The van der Waals surface area contributed by atoms with Gasteiger partial charge in [-0.1, -0.05) is 6.07 Å². The van der Waals surface area contributed by atoms with Gasteiger partial charge in [-0.25, -0.2) is 4.39 Å². The number of amides is 1. The van der Waals surface area contributed by atoms with Crippen LogP contribution in [0.25, 0.3) is 0 Å². The van der Waals surface area contributed by atoms with Crippen LogP contribution in [0.4, 0.5) is 4.39 Å². The van der Waals surface area contributed by atoms with E-state index in [0.717, 1.165) is 11.6 Å². The van der Waals surface area contributed by atoms with Crippen LogP contribution in [-0.2, 0) is 24.9 Å². The number of likely N-dealkylation sites (N-methyl/N-ethyl adjacent to an activating group) is 1. The number of carbonyl (C=O) groups excluding carboxylic acids is 1. The van der Waals surface area contributed by atoms with Gasteiger partial charge in [0.1, 0.15) is 29.8 Å². The summed E-state index contributed by atoms with van der Waals surface area (Å²) in [7, 11) is 3.75. The lowest BCUT2D eigenvalue weighted by atomic mass is 10.1. The van der Waals surface area contributed by atoms with Crippen molar-refractivity contribution in [3.8, 4) is 5.75 Å². The molecule has 8 heteroatoms. The summed E-state index contributed by atoms with van der Waals surface area (Å²) in [6, 6.07) is 4.73. The molecule has 0 radical (unpaired) electrons. The number of ether oxygens (including phenoxy) is 1. The van der Waals surface area contributed by atoms with E-state index in [-0.39, 0.29) is 24.8 Å². The molecule has 0 spiro atoms. The first-order chi connectivity index (χ1) is 12.0. The van der Waals surface area contributed by atoms with Crippen molar-refractivity contribution in [3.05, 3.63) is 41.2 Å². The van der Waals surface area contributed by atoms with Gasteiger partial charge >= 0.3 is 0 Å². The van der Waals surface area contributed by atoms with Crippen LogP contribution >= 0.6 is 0 Å². The molecule has 7 nitrogen and oxygen atoms in total. The monoisotopic (exact) mass is 347 g/mol. The normalized spacial score (nSPS) is 14.2. The molecule has 1 aliphatic heterocycles. The van der Waals surface area contributed by atoms with Crippen molar-refractivity contribution < 1.29 is 13.9 Å². The van der Waals surface area contributed by atoms with Crippen molar-refractivity contribution in [2.45, 2.75) is 20.0 Å². The summed E-state index contributed by atoms with van der Waals surface area (Å²) in [5.74, 6) is 1.72. The highest BCUT2D eigenvalue weighted by Gasteiger charge is 2.23. The average Bonchev–Trinajstić information content (AvgIpc) is 2.78. The lowest BCUT2D eigenvalue weighted by molar-refractivity contribution is -0.133. The SMILES string of the molecule is Cc1nnc(CN(C)CC(=O)N2CCOc3cccc(F)c3C2)n1C. The molecule has 0 N–H and O–H groups in total. The van der Waals surface area contributed by atoms with Gasteiger partial charge in [-0.05, 0) is 26.1 Å². The quantitative estimate of drug-likeness (QED) is 0.829. The largest absolute Gasteiger partial charge is 0.491 e. The fourth-order valence-corrected chi connectivity index (χ4v) is 2.79. The van der Waals surface area contributed by atoms with Crippen molar-refractivity contribution in [2.24, 2.45) is 7.05 Å². The smallest absolute Gasteiger partial charge is 0.237 e. The van der Waals surface area contributed by atoms with Crippen molar-refractivity contribution in [3.63, 3.8) is 0 Å². The third-order valence-corrected chi connectivity index (χ3v) is 4.40. The van der Waals surface area contributed by atoms with Gasteiger partial charge in [-0.15, -0.1) is 10.2 Å². The molecule has 1 aromatic carbocycles. The van der Waals surface area contributed by atoms with Gasteiger partial charge in [-0.2, -0.15) is 0 Å². The summed E-state index contributed by atoms with van der Waals surface area (Å²) in [5, 5.41) is 8.13. The van der Waals surface area contributed by atoms with E-state index in [1.807, 2.05) is 30.5 Å². The van der Waals surface area contributed by atoms with Crippen LogP contribution in [0, 0.1) is 12.7 Å². The molecule has 1 aliphatic rings. The molecule has 0 aliphatic carbocycles. The van der Waals surface area contributed by atoms with Crippen LogP contribution in [0.5, 0.6) is 5.75 Å². The van der Waals surface area contributed by atoms with Crippen LogP contribution in [0.3, 0.4) is 0 Å². The molecular weight excluding hydrogens is 325 g/mol. The minimum atomic E-state index is -0.347. The highest BCUT2D eigenvalue weighted by atomic mass is 19.1. The fourth-order valence-electron chi connectivity index (χ4n) is 2.79. The van der Waals surface area contributed by atoms with Crippen LogP contribution < -0.4 is 4.74 Å². The molecule has 0 bridgehead atoms. The molecule has 3 rings (SSSR count). The molecule has 134 valence electrons. The zero-order valence-electron chi connectivity index (χ0n) is 14.7. The first kappa shape index (κ1) is 17.3. The van der Waals surface area contributed by atoms with Crippen molar-refractivity contribution >= 4 is 5.91 Å². The van der Waals surface area contributed by atoms with Gasteiger partial charge in [0.05, 0.1) is 26.2 Å². The zero-order chi connectivity index (χ0) is 18.0. The van der Waals surface area contributed by atoms with E-state index in [4.69, 9.17) is 4.74 Å². The molecule has 0 saturated carbocycles. The lowest BCUT2D eigenvalue weighted by Crippen LogP contribution is -2.39. The van der Waals surface area contributed by atoms with E-state index >= 15 is 0 Å². The number of benzene rings is 1. The molecule has 0 unspecified atom stereocenters. The number of nitrogens with zero attached hydrogens (tertiary/aromatic N) is 5. The van der Waals surface area contributed by atoms with Gasteiger partial charge in [0, 0.05) is 12.6 Å². The Bertz CT molecular complexity index is 776. The van der Waals surface area contributed by atoms with Gasteiger partial charge < -0.3 is 14.2 Å². The van der Waals surface area contributed by atoms with E-state index in [0.29, 0.717) is 31.0 Å². The Labute approximate surface area is 146 Å². The number of rotatable bonds is 4. The molecule has 1 aromatic heterocycles. The number of halogens is 1. The van der Waals surface area contributed by atoms with Crippen LogP contribution in [0.2, 0.25) is 0 Å². The van der Waals surface area contributed by atoms with Crippen LogP contribution in [0.15, 0.2) is 18.2 Å². The van der Waals surface area contributed by atoms with E-state index < -0.39 is 0 Å². The molecule has 0 atom stereocenters. The van der Waals surface area contributed by atoms with E-state index in [2.05, 4.69) is 10.2 Å². The molecule has 25 heavy (non-hydrogen) atoms. The fraction of sp³-hybridized carbons (Fsp3) is 0.471. The van der Waals surface area contributed by atoms with Gasteiger partial charge in [0.2, 0.25) is 5.91 Å². The number of carbonyl (C=O) groups is 1. The Hall–Kier alpha value is -2.48. The molecule has 1 amide bonds. The predicted octanol–water partition coefficient (Wildman–Crippen LogP) is 1.12. The summed E-state index contributed by atoms with van der Waals surface area (Å²) >= 11 is 0. The summed E-state index contributed by atoms with van der Waals surface area (Å²) in [4.78, 5) is 16.1. The number of aryl methyl sites for hydroxylation is 1. The van der Waals surface area contributed by atoms with Crippen molar-refractivity contribution in [1.29, 1.82) is 0 Å². The summed E-state index contributed by atoms with van der Waals surface area (Å²) in [5.41, 5.74) is 0.430. The van der Waals surface area contributed by atoms with Gasteiger partial charge in [0.25, 0.3) is 0 Å². The Morgan fingerprint density at radius 1 is 1.40 bits per heavy atom. The Kier molecular flexibility index (Phi) is 4.98. The van der Waals surface area contributed by atoms with E-state index in [1.54, 1.807) is 17.0 Å². The van der Waals surface area contributed by atoms with E-state index in [9.17, 15) is 9.18 Å². The molecule has 2 aromatic rings. The maximum Gasteiger partial charge on any atom is 0.237 e. The maximum atomic E-state index is 14.0. The first-order valence-corrected chi connectivity index (χ1v) is 8.17. The van der Waals surface area contributed by atoms with Crippen molar-refractivity contribution in [2.75, 3.05) is 26.7 Å². The van der Waals surface area contributed by atoms with E-state index in [1.165, 1.54) is 6.07 Å². The molecule has 2 heterocycles. The number of fused-ring (bicyclic) bond motifs is 1. The molecular formula is C17H22FN5O2. The minimum absolute atomic E-state index is 0.0684. The molecule has 0 saturated heterocycles. The minimum Gasteiger partial charge on any atom is -0.491 e. The topological polar surface area (TPSA) is 63.5 Å². The Morgan fingerprint density at radius 3 is 2.92 bits per heavy atom. The maximum absolute atomic E-state index is 14.0. The Morgan fingerprint density at radius 2 is 2.20 bits per heavy atom. The number of aromatic nitrogens is 3. The second kappa shape index (κ2) is 7.18. The summed E-state index contributed by atoms with van der Waals surface area (Å²) in [6.07, 6.45) is 0. The molecule has 0 fully saturated rings.